The minimum absolute atomic E-state index is 0.250. The molecule has 0 aliphatic heterocycles. The predicted molar refractivity (Wildman–Crippen MR) is 85.3 cm³/mol. The molecule has 3 unspecified atom stereocenters. The Bertz CT molecular complexity index is 252. The SMILES string of the molecule is CCCCCN(C(C)C)C1(CN)CC(C)CCC1C. The van der Waals surface area contributed by atoms with Crippen LogP contribution >= 0.6 is 0 Å². The highest BCUT2D eigenvalue weighted by molar-refractivity contribution is 5.00. The summed E-state index contributed by atoms with van der Waals surface area (Å²) in [6.07, 6.45) is 7.97. The quantitative estimate of drug-likeness (QED) is 0.706. The minimum Gasteiger partial charge on any atom is -0.329 e. The summed E-state index contributed by atoms with van der Waals surface area (Å²) in [7, 11) is 0. The van der Waals surface area contributed by atoms with E-state index in [0.717, 1.165) is 18.4 Å². The maximum Gasteiger partial charge on any atom is 0.0362 e. The van der Waals surface area contributed by atoms with Gasteiger partial charge in [0.05, 0.1) is 0 Å². The summed E-state index contributed by atoms with van der Waals surface area (Å²) in [4.78, 5) is 2.74. The zero-order valence-electron chi connectivity index (χ0n) is 13.9. The van der Waals surface area contributed by atoms with E-state index in [-0.39, 0.29) is 5.54 Å². The molecule has 1 saturated carbocycles. The van der Waals surface area contributed by atoms with E-state index in [1.165, 1.54) is 45.1 Å². The van der Waals surface area contributed by atoms with Crippen LogP contribution in [-0.4, -0.2) is 29.6 Å². The first-order valence-corrected chi connectivity index (χ1v) is 8.44. The topological polar surface area (TPSA) is 29.3 Å². The second-order valence-corrected chi connectivity index (χ2v) is 7.09. The first kappa shape index (κ1) is 17.0. The zero-order chi connectivity index (χ0) is 14.5. The van der Waals surface area contributed by atoms with Crippen molar-refractivity contribution in [3.8, 4) is 0 Å². The Kier molecular flexibility index (Phi) is 6.82. The standard InChI is InChI=1S/C17H36N2/c1-6-7-8-11-19(14(2)3)17(13-18)12-15(4)9-10-16(17)5/h14-16H,6-13,18H2,1-5H3. The van der Waals surface area contributed by atoms with E-state index >= 15 is 0 Å². The van der Waals surface area contributed by atoms with E-state index in [1.54, 1.807) is 0 Å². The molecule has 2 heteroatoms. The van der Waals surface area contributed by atoms with Gasteiger partial charge in [-0.1, -0.05) is 40.0 Å². The minimum atomic E-state index is 0.250. The second-order valence-electron chi connectivity index (χ2n) is 7.09. The first-order chi connectivity index (χ1) is 8.97. The van der Waals surface area contributed by atoms with Crippen molar-refractivity contribution in [3.63, 3.8) is 0 Å². The molecule has 0 bridgehead atoms. The maximum atomic E-state index is 6.29. The van der Waals surface area contributed by atoms with Crippen LogP contribution in [0.5, 0.6) is 0 Å². The zero-order valence-corrected chi connectivity index (χ0v) is 13.9. The molecule has 1 aliphatic rings. The third kappa shape index (κ3) is 3.95. The van der Waals surface area contributed by atoms with E-state index in [0.29, 0.717) is 6.04 Å². The fraction of sp³-hybridized carbons (Fsp3) is 1.00. The molecule has 0 heterocycles. The molecule has 114 valence electrons. The van der Waals surface area contributed by atoms with Gasteiger partial charge in [-0.3, -0.25) is 4.90 Å². The van der Waals surface area contributed by atoms with Crippen LogP contribution in [0, 0.1) is 11.8 Å². The molecule has 0 aromatic heterocycles. The summed E-state index contributed by atoms with van der Waals surface area (Å²) in [6.45, 7) is 13.8. The molecule has 1 rings (SSSR count). The van der Waals surface area contributed by atoms with Crippen molar-refractivity contribution in [3.05, 3.63) is 0 Å². The van der Waals surface area contributed by atoms with Gasteiger partial charge in [0.25, 0.3) is 0 Å². The van der Waals surface area contributed by atoms with Crippen molar-refractivity contribution in [2.75, 3.05) is 13.1 Å². The van der Waals surface area contributed by atoms with Crippen LogP contribution in [-0.2, 0) is 0 Å². The molecule has 0 saturated heterocycles. The normalized spacial score (nSPS) is 32.2. The Balaban J connectivity index is 2.86. The number of hydrogen-bond donors (Lipinski definition) is 1. The van der Waals surface area contributed by atoms with Crippen LogP contribution in [0.1, 0.15) is 73.1 Å². The highest BCUT2D eigenvalue weighted by Crippen LogP contribution is 2.41. The highest BCUT2D eigenvalue weighted by Gasteiger charge is 2.44. The number of hydrogen-bond acceptors (Lipinski definition) is 2. The van der Waals surface area contributed by atoms with Crippen molar-refractivity contribution >= 4 is 0 Å². The van der Waals surface area contributed by atoms with Gasteiger partial charge in [-0.2, -0.15) is 0 Å². The average Bonchev–Trinajstić information content (AvgIpc) is 2.37. The highest BCUT2D eigenvalue weighted by atomic mass is 15.2. The Morgan fingerprint density at radius 2 is 1.89 bits per heavy atom. The van der Waals surface area contributed by atoms with Crippen molar-refractivity contribution in [2.24, 2.45) is 17.6 Å². The summed E-state index contributed by atoms with van der Waals surface area (Å²) >= 11 is 0. The lowest BCUT2D eigenvalue weighted by Crippen LogP contribution is -2.62. The van der Waals surface area contributed by atoms with Crippen LogP contribution in [0.4, 0.5) is 0 Å². The summed E-state index contributed by atoms with van der Waals surface area (Å²) in [5, 5.41) is 0. The van der Waals surface area contributed by atoms with Crippen LogP contribution in [0.3, 0.4) is 0 Å². The van der Waals surface area contributed by atoms with Gasteiger partial charge in [-0.05, 0) is 51.5 Å². The molecule has 3 atom stereocenters. The first-order valence-electron chi connectivity index (χ1n) is 8.44. The molecular weight excluding hydrogens is 232 g/mol. The Hall–Kier alpha value is -0.0800. The largest absolute Gasteiger partial charge is 0.329 e. The van der Waals surface area contributed by atoms with E-state index in [1.807, 2.05) is 0 Å². The monoisotopic (exact) mass is 268 g/mol. The molecule has 2 N–H and O–H groups in total. The molecule has 1 fully saturated rings. The molecule has 0 aromatic carbocycles. The van der Waals surface area contributed by atoms with E-state index in [4.69, 9.17) is 5.73 Å². The Morgan fingerprint density at radius 3 is 2.42 bits per heavy atom. The Labute approximate surface area is 121 Å². The lowest BCUT2D eigenvalue weighted by atomic mass is 9.68. The molecule has 1 aliphatic carbocycles. The van der Waals surface area contributed by atoms with Crippen LogP contribution in [0.15, 0.2) is 0 Å². The van der Waals surface area contributed by atoms with Gasteiger partial charge >= 0.3 is 0 Å². The van der Waals surface area contributed by atoms with Gasteiger partial charge in [0.1, 0.15) is 0 Å². The summed E-state index contributed by atoms with van der Waals surface area (Å²) in [6, 6.07) is 0.605. The van der Waals surface area contributed by atoms with Crippen LogP contribution < -0.4 is 5.73 Å². The second kappa shape index (κ2) is 7.64. The van der Waals surface area contributed by atoms with Crippen LogP contribution in [0.25, 0.3) is 0 Å². The van der Waals surface area contributed by atoms with Gasteiger partial charge in [0, 0.05) is 18.1 Å². The molecule has 19 heavy (non-hydrogen) atoms. The average molecular weight is 268 g/mol. The fourth-order valence-electron chi connectivity index (χ4n) is 4.04. The van der Waals surface area contributed by atoms with Crippen molar-refractivity contribution in [1.29, 1.82) is 0 Å². The predicted octanol–water partition coefficient (Wildman–Crippen LogP) is 4.04. The lowest BCUT2D eigenvalue weighted by molar-refractivity contribution is -0.0250. The van der Waals surface area contributed by atoms with Crippen molar-refractivity contribution in [2.45, 2.75) is 84.7 Å². The Morgan fingerprint density at radius 1 is 1.21 bits per heavy atom. The van der Waals surface area contributed by atoms with Crippen molar-refractivity contribution < 1.29 is 0 Å². The molecule has 0 amide bonds. The molecule has 0 radical (unpaired) electrons. The smallest absolute Gasteiger partial charge is 0.0362 e. The number of rotatable bonds is 7. The maximum absolute atomic E-state index is 6.29. The fourth-order valence-corrected chi connectivity index (χ4v) is 4.04. The van der Waals surface area contributed by atoms with Gasteiger partial charge in [-0.25, -0.2) is 0 Å². The van der Waals surface area contributed by atoms with Gasteiger partial charge in [-0.15, -0.1) is 0 Å². The summed E-state index contributed by atoms with van der Waals surface area (Å²) in [5.41, 5.74) is 6.54. The number of nitrogens with two attached hydrogens (primary N) is 1. The van der Waals surface area contributed by atoms with Gasteiger partial charge < -0.3 is 5.73 Å². The lowest BCUT2D eigenvalue weighted by Gasteiger charge is -2.53. The molecule has 2 nitrogen and oxygen atoms in total. The van der Waals surface area contributed by atoms with E-state index < -0.39 is 0 Å². The van der Waals surface area contributed by atoms with E-state index in [9.17, 15) is 0 Å². The molecule has 0 spiro atoms. The van der Waals surface area contributed by atoms with Crippen molar-refractivity contribution in [1.82, 2.24) is 4.90 Å². The number of nitrogens with zero attached hydrogens (tertiary/aromatic N) is 1. The summed E-state index contributed by atoms with van der Waals surface area (Å²) in [5.74, 6) is 1.56. The molecule has 0 aromatic rings. The third-order valence-electron chi connectivity index (χ3n) is 5.26. The number of unbranched alkanes of at least 4 members (excludes halogenated alkanes) is 2. The van der Waals surface area contributed by atoms with E-state index in [2.05, 4.69) is 39.5 Å². The summed E-state index contributed by atoms with van der Waals surface area (Å²) < 4.78 is 0. The third-order valence-corrected chi connectivity index (χ3v) is 5.26. The van der Waals surface area contributed by atoms with Crippen LogP contribution in [0.2, 0.25) is 0 Å². The molecular formula is C17H36N2. The van der Waals surface area contributed by atoms with Gasteiger partial charge in [0.15, 0.2) is 0 Å². The van der Waals surface area contributed by atoms with Gasteiger partial charge in [0.2, 0.25) is 0 Å².